The fourth-order valence-corrected chi connectivity index (χ4v) is 3.48. The number of aryl methyl sites for hydroxylation is 3. The molecule has 3 N–H and O–H groups in total. The van der Waals surface area contributed by atoms with E-state index in [1.165, 1.54) is 0 Å². The van der Waals surface area contributed by atoms with Crippen LogP contribution in [0.4, 0.5) is 5.69 Å². The van der Waals surface area contributed by atoms with Crippen LogP contribution in [0.2, 0.25) is 0 Å². The summed E-state index contributed by atoms with van der Waals surface area (Å²) in [5, 5.41) is 8.87. The predicted molar refractivity (Wildman–Crippen MR) is 126 cm³/mol. The van der Waals surface area contributed by atoms with Gasteiger partial charge in [-0.15, -0.1) is 0 Å². The molecule has 0 aliphatic rings. The predicted octanol–water partition coefficient (Wildman–Crippen LogP) is 5.79. The van der Waals surface area contributed by atoms with Crippen LogP contribution >= 0.6 is 63.0 Å². The SMILES string of the molecule is Cc1cc(C)c(NC(=S)NC(NC(=O)c2ccc(Br)cc2)C(Cl)(Cl)Cl)c(C)c1. The summed E-state index contributed by atoms with van der Waals surface area (Å²) in [4.78, 5) is 12.5. The van der Waals surface area contributed by atoms with E-state index in [2.05, 4.69) is 31.9 Å². The Kier molecular flexibility index (Phi) is 7.99. The average Bonchev–Trinajstić information content (AvgIpc) is 2.57. The molecule has 1 atom stereocenters. The Labute approximate surface area is 193 Å². The van der Waals surface area contributed by atoms with E-state index in [9.17, 15) is 4.79 Å². The van der Waals surface area contributed by atoms with Crippen molar-refractivity contribution in [2.45, 2.75) is 30.7 Å². The molecule has 4 nitrogen and oxygen atoms in total. The lowest BCUT2D eigenvalue weighted by Gasteiger charge is -2.28. The molecule has 2 aromatic carbocycles. The van der Waals surface area contributed by atoms with E-state index in [0.29, 0.717) is 5.56 Å². The van der Waals surface area contributed by atoms with E-state index in [0.717, 1.165) is 26.9 Å². The van der Waals surface area contributed by atoms with Gasteiger partial charge in [0.25, 0.3) is 5.91 Å². The summed E-state index contributed by atoms with van der Waals surface area (Å²) < 4.78 is -0.969. The van der Waals surface area contributed by atoms with Crippen molar-refractivity contribution in [1.82, 2.24) is 10.6 Å². The summed E-state index contributed by atoms with van der Waals surface area (Å²) >= 11 is 26.8. The summed E-state index contributed by atoms with van der Waals surface area (Å²) in [5.41, 5.74) is 4.51. The molecule has 1 unspecified atom stereocenters. The second-order valence-corrected chi connectivity index (χ2v) is 10.0. The van der Waals surface area contributed by atoms with Gasteiger partial charge in [0, 0.05) is 15.7 Å². The van der Waals surface area contributed by atoms with Gasteiger partial charge in [0.2, 0.25) is 3.79 Å². The van der Waals surface area contributed by atoms with E-state index in [1.807, 2.05) is 32.9 Å². The maximum absolute atomic E-state index is 12.5. The van der Waals surface area contributed by atoms with Gasteiger partial charge in [-0.1, -0.05) is 68.4 Å². The normalized spacial score (nSPS) is 12.2. The van der Waals surface area contributed by atoms with Crippen LogP contribution in [-0.4, -0.2) is 21.0 Å². The number of nitrogens with one attached hydrogen (secondary N) is 3. The minimum absolute atomic E-state index is 0.225. The van der Waals surface area contributed by atoms with E-state index < -0.39 is 15.9 Å². The Bertz CT molecular complexity index is 862. The second kappa shape index (κ2) is 9.63. The Morgan fingerprint density at radius 2 is 1.57 bits per heavy atom. The summed E-state index contributed by atoms with van der Waals surface area (Å²) in [6.45, 7) is 5.98. The van der Waals surface area contributed by atoms with Gasteiger partial charge in [-0.2, -0.15) is 0 Å². The van der Waals surface area contributed by atoms with Gasteiger partial charge >= 0.3 is 0 Å². The number of benzene rings is 2. The number of rotatable bonds is 4. The Morgan fingerprint density at radius 3 is 2.07 bits per heavy atom. The highest BCUT2D eigenvalue weighted by Crippen LogP contribution is 2.29. The summed E-state index contributed by atoms with van der Waals surface area (Å²) in [6, 6.07) is 10.9. The third kappa shape index (κ3) is 6.49. The zero-order valence-corrected chi connectivity index (χ0v) is 20.0. The van der Waals surface area contributed by atoms with Crippen molar-refractivity contribution in [3.63, 3.8) is 0 Å². The van der Waals surface area contributed by atoms with Gasteiger partial charge in [0.15, 0.2) is 5.11 Å². The molecule has 0 bridgehead atoms. The van der Waals surface area contributed by atoms with Crippen LogP contribution in [0.3, 0.4) is 0 Å². The highest BCUT2D eigenvalue weighted by Gasteiger charge is 2.35. The third-order valence-electron chi connectivity index (χ3n) is 3.90. The number of hydrogen-bond donors (Lipinski definition) is 3. The van der Waals surface area contributed by atoms with Gasteiger partial charge in [-0.05, 0) is 68.4 Å². The van der Waals surface area contributed by atoms with E-state index in [-0.39, 0.29) is 5.11 Å². The molecule has 0 aromatic heterocycles. The molecule has 2 rings (SSSR count). The molecule has 0 fully saturated rings. The smallest absolute Gasteiger partial charge is 0.252 e. The molecule has 0 aliphatic carbocycles. The Balaban J connectivity index is 2.13. The highest BCUT2D eigenvalue weighted by atomic mass is 79.9. The molecular weight excluding hydrogens is 505 g/mol. The zero-order valence-electron chi connectivity index (χ0n) is 15.4. The molecule has 0 heterocycles. The topological polar surface area (TPSA) is 53.2 Å². The van der Waals surface area contributed by atoms with Crippen molar-refractivity contribution in [2.24, 2.45) is 0 Å². The lowest BCUT2D eigenvalue weighted by Crippen LogP contribution is -2.56. The van der Waals surface area contributed by atoms with Crippen LogP contribution in [0, 0.1) is 20.8 Å². The number of amides is 1. The standard InChI is InChI=1S/C19H19BrCl3N3OS/c1-10-8-11(2)15(12(3)9-10)24-18(28)26-17(19(21,22)23)25-16(27)13-4-6-14(20)7-5-13/h4-9,17H,1-3H3,(H,25,27)(H2,24,26,28). The molecule has 150 valence electrons. The minimum Gasteiger partial charge on any atom is -0.339 e. The van der Waals surface area contributed by atoms with Crippen molar-refractivity contribution in [3.05, 3.63) is 63.1 Å². The van der Waals surface area contributed by atoms with Crippen LogP contribution in [0.15, 0.2) is 40.9 Å². The fraction of sp³-hybridized carbons (Fsp3) is 0.263. The average molecular weight is 524 g/mol. The minimum atomic E-state index is -1.83. The third-order valence-corrected chi connectivity index (χ3v) is 5.30. The van der Waals surface area contributed by atoms with Crippen molar-refractivity contribution in [1.29, 1.82) is 0 Å². The first kappa shape index (κ1) is 23.2. The molecule has 0 saturated heterocycles. The van der Waals surface area contributed by atoms with Crippen molar-refractivity contribution >= 4 is 79.7 Å². The molecule has 0 aliphatic heterocycles. The van der Waals surface area contributed by atoms with Gasteiger partial charge in [0.1, 0.15) is 6.17 Å². The Hall–Kier alpha value is -1.05. The van der Waals surface area contributed by atoms with Crippen LogP contribution < -0.4 is 16.0 Å². The Morgan fingerprint density at radius 1 is 1.04 bits per heavy atom. The first-order chi connectivity index (χ1) is 13.0. The van der Waals surface area contributed by atoms with Crippen molar-refractivity contribution < 1.29 is 4.79 Å². The number of hydrogen-bond acceptors (Lipinski definition) is 2. The number of carbonyl (C=O) groups is 1. The number of thiocarbonyl (C=S) groups is 1. The number of anilines is 1. The maximum atomic E-state index is 12.5. The van der Waals surface area contributed by atoms with E-state index >= 15 is 0 Å². The summed E-state index contributed by atoms with van der Waals surface area (Å²) in [7, 11) is 0. The quantitative estimate of drug-likeness (QED) is 0.270. The lowest BCUT2D eigenvalue weighted by atomic mass is 10.1. The largest absolute Gasteiger partial charge is 0.339 e. The van der Waals surface area contributed by atoms with Crippen LogP contribution in [-0.2, 0) is 0 Å². The van der Waals surface area contributed by atoms with E-state index in [1.54, 1.807) is 24.3 Å². The van der Waals surface area contributed by atoms with Gasteiger partial charge in [0.05, 0.1) is 0 Å². The molecular formula is C19H19BrCl3N3OS. The van der Waals surface area contributed by atoms with Crippen LogP contribution in [0.25, 0.3) is 0 Å². The fourth-order valence-electron chi connectivity index (χ4n) is 2.67. The first-order valence-electron chi connectivity index (χ1n) is 8.26. The number of halogens is 4. The number of carbonyl (C=O) groups excluding carboxylic acids is 1. The summed E-state index contributed by atoms with van der Waals surface area (Å²) in [5.74, 6) is -0.401. The molecule has 28 heavy (non-hydrogen) atoms. The second-order valence-electron chi connectivity index (χ2n) is 6.33. The maximum Gasteiger partial charge on any atom is 0.252 e. The molecule has 9 heteroatoms. The molecule has 2 aromatic rings. The van der Waals surface area contributed by atoms with Gasteiger partial charge in [-0.3, -0.25) is 4.79 Å². The summed E-state index contributed by atoms with van der Waals surface area (Å²) in [6.07, 6.45) is -1.04. The highest BCUT2D eigenvalue weighted by molar-refractivity contribution is 9.10. The van der Waals surface area contributed by atoms with Crippen LogP contribution in [0.1, 0.15) is 27.0 Å². The monoisotopic (exact) mass is 521 g/mol. The molecule has 1 amide bonds. The van der Waals surface area contributed by atoms with E-state index in [4.69, 9.17) is 47.0 Å². The molecule has 0 spiro atoms. The van der Waals surface area contributed by atoms with Gasteiger partial charge < -0.3 is 16.0 Å². The molecule has 0 radical (unpaired) electrons. The van der Waals surface area contributed by atoms with Crippen LogP contribution in [0.5, 0.6) is 0 Å². The zero-order chi connectivity index (χ0) is 21.1. The first-order valence-corrected chi connectivity index (χ1v) is 10.6. The molecule has 0 saturated carbocycles. The van der Waals surface area contributed by atoms with Crippen molar-refractivity contribution in [3.8, 4) is 0 Å². The lowest BCUT2D eigenvalue weighted by molar-refractivity contribution is 0.0934. The number of alkyl halides is 3. The van der Waals surface area contributed by atoms with Gasteiger partial charge in [-0.25, -0.2) is 0 Å². The van der Waals surface area contributed by atoms with Crippen molar-refractivity contribution in [2.75, 3.05) is 5.32 Å².